The maximum atomic E-state index is 11.2. The molecule has 4 rings (SSSR count). The van der Waals surface area contributed by atoms with Crippen LogP contribution in [0, 0.1) is 29.2 Å². The molecule has 0 saturated carbocycles. The summed E-state index contributed by atoms with van der Waals surface area (Å²) in [5.74, 6) is 0.309. The fraction of sp³-hybridized carbons (Fsp3) is 0.107. The van der Waals surface area contributed by atoms with Crippen LogP contribution in [0.1, 0.15) is 12.0 Å². The molecule has 0 aromatic heterocycles. The van der Waals surface area contributed by atoms with Gasteiger partial charge in [-0.25, -0.2) is 10.1 Å². The predicted molar refractivity (Wildman–Crippen MR) is 145 cm³/mol. The van der Waals surface area contributed by atoms with Crippen LogP contribution in [0.25, 0.3) is 21.2 Å². The first-order valence-electron chi connectivity index (χ1n) is 11.3. The molecule has 38 heavy (non-hydrogen) atoms. The molecule has 0 fully saturated rings. The summed E-state index contributed by atoms with van der Waals surface area (Å²) < 4.78 is 37.5. The molecule has 0 amide bonds. The van der Waals surface area contributed by atoms with Crippen LogP contribution in [-0.4, -0.2) is 25.3 Å². The van der Waals surface area contributed by atoms with Crippen molar-refractivity contribution in [2.45, 2.75) is 6.42 Å². The monoisotopic (exact) mass is 542 g/mol. The van der Waals surface area contributed by atoms with Gasteiger partial charge in [0, 0.05) is 23.2 Å². The number of fused-ring (bicyclic) bond motifs is 2. The van der Waals surface area contributed by atoms with Crippen LogP contribution in [-0.2, 0) is 10.1 Å². The van der Waals surface area contributed by atoms with Crippen molar-refractivity contribution in [3.8, 4) is 17.9 Å². The summed E-state index contributed by atoms with van der Waals surface area (Å²) in [6.07, 6.45) is 3.07. The maximum absolute atomic E-state index is 11.2. The molecule has 1 aliphatic rings. The first kappa shape index (κ1) is 26.5. The van der Waals surface area contributed by atoms with E-state index in [-0.39, 0.29) is 35.7 Å². The Kier molecular flexibility index (Phi) is 7.81. The van der Waals surface area contributed by atoms with E-state index in [1.165, 1.54) is 12.2 Å². The molecule has 0 bridgehead atoms. The van der Waals surface area contributed by atoms with E-state index in [0.29, 0.717) is 22.0 Å². The highest BCUT2D eigenvalue weighted by Gasteiger charge is 2.27. The molecule has 0 aliphatic carbocycles. The lowest BCUT2D eigenvalue weighted by molar-refractivity contribution is 0.437. The molecule has 10 heteroatoms. The third-order valence-electron chi connectivity index (χ3n) is 5.77. The van der Waals surface area contributed by atoms with Gasteiger partial charge in [-0.2, -0.15) is 13.7 Å². The second-order valence-electron chi connectivity index (χ2n) is 8.18. The fourth-order valence-electron chi connectivity index (χ4n) is 4.15. The van der Waals surface area contributed by atoms with Gasteiger partial charge in [0.05, 0.1) is 35.7 Å². The molecule has 1 aliphatic heterocycles. The highest BCUT2D eigenvalue weighted by molar-refractivity contribution is 7.85. The smallest absolute Gasteiger partial charge is 0.270 e. The summed E-state index contributed by atoms with van der Waals surface area (Å²) in [5, 5.41) is 21.9. The van der Waals surface area contributed by atoms with Crippen LogP contribution in [0.5, 0.6) is 5.75 Å². The Labute approximate surface area is 225 Å². The van der Waals surface area contributed by atoms with Crippen LogP contribution >= 0.6 is 11.6 Å². The van der Waals surface area contributed by atoms with Gasteiger partial charge in [-0.05, 0) is 47.0 Å². The number of benzene rings is 3. The maximum Gasteiger partial charge on any atom is 0.270 e. The van der Waals surface area contributed by atoms with Crippen molar-refractivity contribution in [3.63, 3.8) is 0 Å². The highest BCUT2D eigenvalue weighted by Crippen LogP contribution is 2.41. The van der Waals surface area contributed by atoms with Gasteiger partial charge < -0.3 is 9.64 Å². The predicted octanol–water partition coefficient (Wildman–Crippen LogP) is 6.12. The lowest BCUT2D eigenvalue weighted by atomic mass is 9.92. The third-order valence-corrected chi connectivity index (χ3v) is 6.81. The normalized spacial score (nSPS) is 14.8. The van der Waals surface area contributed by atoms with Gasteiger partial charge in [0.15, 0.2) is 5.75 Å². The number of rotatable bonds is 7. The highest BCUT2D eigenvalue weighted by atomic mass is 35.5. The second kappa shape index (κ2) is 11.2. The van der Waals surface area contributed by atoms with E-state index in [1.54, 1.807) is 35.2 Å². The van der Waals surface area contributed by atoms with Crippen molar-refractivity contribution in [1.82, 2.24) is 0 Å². The first-order chi connectivity index (χ1) is 18.3. The van der Waals surface area contributed by atoms with Crippen molar-refractivity contribution in [3.05, 3.63) is 112 Å². The Hall–Kier alpha value is -4.59. The standard InChI is InChI=1S/C28H19ClN4O4S/c1-32-24(18-31)28(23-9-4-7-19-6-2-3-8-22(19)23)20(17-30)10-13-27-33(14-5-15-38(34,35)36)25-16-21(29)11-12-26(25)37-27/h2-4,6-13,16H,5,14-15H2,(H,34,35,36). The number of ether oxygens (including phenoxy) is 1. The van der Waals surface area contributed by atoms with Gasteiger partial charge in [-0.3, -0.25) is 4.55 Å². The van der Waals surface area contributed by atoms with E-state index >= 15 is 0 Å². The van der Waals surface area contributed by atoms with E-state index in [1.807, 2.05) is 36.4 Å². The zero-order chi connectivity index (χ0) is 27.3. The lowest BCUT2D eigenvalue weighted by Gasteiger charge is -2.18. The Morgan fingerprint density at radius 1 is 1.13 bits per heavy atom. The van der Waals surface area contributed by atoms with Gasteiger partial charge in [0.1, 0.15) is 0 Å². The van der Waals surface area contributed by atoms with Gasteiger partial charge >= 0.3 is 0 Å². The number of hydrogen-bond donors (Lipinski definition) is 1. The van der Waals surface area contributed by atoms with Crippen molar-refractivity contribution in [1.29, 1.82) is 10.5 Å². The van der Waals surface area contributed by atoms with Gasteiger partial charge in [-0.15, -0.1) is 0 Å². The molecule has 3 aromatic carbocycles. The number of hydrogen-bond acceptors (Lipinski definition) is 6. The Bertz CT molecular complexity index is 1730. The van der Waals surface area contributed by atoms with Crippen molar-refractivity contribution >= 4 is 43.8 Å². The fourth-order valence-corrected chi connectivity index (χ4v) is 4.81. The molecule has 188 valence electrons. The molecule has 0 unspecified atom stereocenters. The van der Waals surface area contributed by atoms with Crippen molar-refractivity contribution in [2.75, 3.05) is 17.2 Å². The minimum absolute atomic E-state index is 0.0666. The van der Waals surface area contributed by atoms with Gasteiger partial charge in [0.2, 0.25) is 5.88 Å². The summed E-state index contributed by atoms with van der Waals surface area (Å²) >= 11 is 6.16. The van der Waals surface area contributed by atoms with Gasteiger partial charge in [0.25, 0.3) is 15.8 Å². The average Bonchev–Trinajstić information content (AvgIpc) is 3.24. The van der Waals surface area contributed by atoms with E-state index in [0.717, 1.165) is 10.8 Å². The number of anilines is 1. The molecule has 0 radical (unpaired) electrons. The minimum atomic E-state index is -4.16. The Morgan fingerprint density at radius 3 is 2.61 bits per heavy atom. The molecule has 0 atom stereocenters. The summed E-state index contributed by atoms with van der Waals surface area (Å²) in [5.41, 5.74) is 1.18. The van der Waals surface area contributed by atoms with Crippen molar-refractivity contribution in [2.24, 2.45) is 0 Å². The second-order valence-corrected chi connectivity index (χ2v) is 10.2. The summed E-state index contributed by atoms with van der Waals surface area (Å²) in [4.78, 5) is 5.06. The van der Waals surface area contributed by atoms with Crippen LogP contribution in [0.2, 0.25) is 5.02 Å². The molecule has 0 saturated heterocycles. The average molecular weight is 543 g/mol. The van der Waals surface area contributed by atoms with Crippen LogP contribution < -0.4 is 9.64 Å². The third kappa shape index (κ3) is 5.70. The SMILES string of the molecule is [C-]#[N+]C(C#N)=C(C(C#N)=CC=C1Oc2ccc(Cl)cc2N1CCCS(=O)(=O)O)c1cccc2ccccc12. The number of halogens is 1. The zero-order valence-electron chi connectivity index (χ0n) is 19.8. The molecular formula is C28H19ClN4O4S. The van der Waals surface area contributed by atoms with Gasteiger partial charge in [-0.1, -0.05) is 54.1 Å². The molecular weight excluding hydrogens is 524 g/mol. The summed E-state index contributed by atoms with van der Waals surface area (Å²) in [6.45, 7) is 7.73. The van der Waals surface area contributed by atoms with E-state index < -0.39 is 15.9 Å². The molecule has 1 heterocycles. The zero-order valence-corrected chi connectivity index (χ0v) is 21.4. The molecule has 3 aromatic rings. The largest absolute Gasteiger partial charge is 0.439 e. The summed E-state index contributed by atoms with van der Waals surface area (Å²) in [7, 11) is -4.16. The topological polar surface area (TPSA) is 119 Å². The van der Waals surface area contributed by atoms with Crippen molar-refractivity contribution < 1.29 is 17.7 Å². The number of allylic oxidation sites excluding steroid dienone is 5. The first-order valence-corrected chi connectivity index (χ1v) is 13.3. The quantitative estimate of drug-likeness (QED) is 0.165. The molecule has 8 nitrogen and oxygen atoms in total. The molecule has 0 spiro atoms. The lowest BCUT2D eigenvalue weighted by Crippen LogP contribution is -2.23. The Morgan fingerprint density at radius 2 is 1.89 bits per heavy atom. The summed E-state index contributed by atoms with van der Waals surface area (Å²) in [6, 6.07) is 21.9. The van der Waals surface area contributed by atoms with Crippen LogP contribution in [0.4, 0.5) is 5.69 Å². The van der Waals surface area contributed by atoms with Crippen LogP contribution in [0.3, 0.4) is 0 Å². The van der Waals surface area contributed by atoms with E-state index in [4.69, 9.17) is 27.5 Å². The van der Waals surface area contributed by atoms with E-state index in [2.05, 4.69) is 10.9 Å². The minimum Gasteiger partial charge on any atom is -0.439 e. The van der Waals surface area contributed by atoms with E-state index in [9.17, 15) is 18.9 Å². The Balaban J connectivity index is 1.81. The number of nitrogens with zero attached hydrogens (tertiary/aromatic N) is 4. The van der Waals surface area contributed by atoms with Crippen LogP contribution in [0.15, 0.2) is 90.0 Å². The number of nitriles is 2. The molecule has 1 N–H and O–H groups in total.